The number of carbonyl (C=O) groups excluding carboxylic acids is 1. The number of ether oxygens (including phenoxy) is 2. The van der Waals surface area contributed by atoms with Crippen LogP contribution in [0.1, 0.15) is 10.4 Å². The standard InChI is InChI=1S/C23H16O5/c1-26-16-11-12-18-21(13-16)27-14-19(22(18)24)17-9-5-6-10-20(17)28-23(25)15-7-3-2-4-8-15/h2-14H,1H3. The summed E-state index contributed by atoms with van der Waals surface area (Å²) in [6, 6.07) is 20.6. The Morgan fingerprint density at radius 3 is 2.43 bits per heavy atom. The van der Waals surface area contributed by atoms with Crippen LogP contribution in [0.4, 0.5) is 0 Å². The Labute approximate surface area is 160 Å². The summed E-state index contributed by atoms with van der Waals surface area (Å²) >= 11 is 0. The maximum absolute atomic E-state index is 13.0. The van der Waals surface area contributed by atoms with Gasteiger partial charge in [-0.05, 0) is 30.3 Å². The highest BCUT2D eigenvalue weighted by atomic mass is 16.5. The molecule has 1 heterocycles. The Morgan fingerprint density at radius 1 is 0.893 bits per heavy atom. The molecule has 0 N–H and O–H groups in total. The largest absolute Gasteiger partial charge is 0.497 e. The van der Waals surface area contributed by atoms with Gasteiger partial charge in [-0.25, -0.2) is 4.79 Å². The Hall–Kier alpha value is -3.86. The van der Waals surface area contributed by atoms with Crippen LogP contribution in [0.3, 0.4) is 0 Å². The molecule has 0 aliphatic carbocycles. The lowest BCUT2D eigenvalue weighted by Crippen LogP contribution is -2.11. The minimum Gasteiger partial charge on any atom is -0.497 e. The molecule has 4 aromatic rings. The predicted octanol–water partition coefficient (Wildman–Crippen LogP) is 4.69. The summed E-state index contributed by atoms with van der Waals surface area (Å²) in [5.74, 6) is 0.389. The van der Waals surface area contributed by atoms with E-state index >= 15 is 0 Å². The zero-order valence-electron chi connectivity index (χ0n) is 15.0. The van der Waals surface area contributed by atoms with Gasteiger partial charge < -0.3 is 13.9 Å². The van der Waals surface area contributed by atoms with Gasteiger partial charge in [-0.2, -0.15) is 0 Å². The summed E-state index contributed by atoms with van der Waals surface area (Å²) in [5, 5.41) is 0.419. The highest BCUT2D eigenvalue weighted by Crippen LogP contribution is 2.30. The molecule has 0 radical (unpaired) electrons. The summed E-state index contributed by atoms with van der Waals surface area (Å²) in [5.41, 5.74) is 1.43. The van der Waals surface area contributed by atoms with Gasteiger partial charge in [0, 0.05) is 11.6 Å². The zero-order chi connectivity index (χ0) is 19.5. The highest BCUT2D eigenvalue weighted by Gasteiger charge is 2.16. The van der Waals surface area contributed by atoms with Crippen molar-refractivity contribution in [3.63, 3.8) is 0 Å². The van der Waals surface area contributed by atoms with Gasteiger partial charge in [-0.1, -0.05) is 36.4 Å². The van der Waals surface area contributed by atoms with Gasteiger partial charge in [0.25, 0.3) is 0 Å². The molecular weight excluding hydrogens is 356 g/mol. The number of esters is 1. The Morgan fingerprint density at radius 2 is 1.64 bits per heavy atom. The van der Waals surface area contributed by atoms with Gasteiger partial charge in [0.2, 0.25) is 5.43 Å². The minimum absolute atomic E-state index is 0.216. The first kappa shape index (κ1) is 17.5. The average molecular weight is 372 g/mol. The van der Waals surface area contributed by atoms with Crippen molar-refractivity contribution in [1.29, 1.82) is 0 Å². The van der Waals surface area contributed by atoms with Crippen molar-refractivity contribution in [3.8, 4) is 22.6 Å². The van der Waals surface area contributed by atoms with Gasteiger partial charge in [-0.3, -0.25) is 4.79 Å². The third-order valence-electron chi connectivity index (χ3n) is 4.37. The summed E-state index contributed by atoms with van der Waals surface area (Å²) in [6.07, 6.45) is 1.37. The SMILES string of the molecule is COc1ccc2c(=O)c(-c3ccccc3OC(=O)c3ccccc3)coc2c1. The van der Waals surface area contributed by atoms with Gasteiger partial charge >= 0.3 is 5.97 Å². The van der Waals surface area contributed by atoms with Crippen LogP contribution in [-0.4, -0.2) is 13.1 Å². The normalized spacial score (nSPS) is 10.6. The molecule has 0 spiro atoms. The van der Waals surface area contributed by atoms with E-state index in [2.05, 4.69) is 0 Å². The van der Waals surface area contributed by atoms with Crippen LogP contribution in [0.2, 0.25) is 0 Å². The molecule has 28 heavy (non-hydrogen) atoms. The van der Waals surface area contributed by atoms with Crippen LogP contribution in [0.5, 0.6) is 11.5 Å². The number of benzene rings is 3. The second-order valence-electron chi connectivity index (χ2n) is 6.09. The smallest absolute Gasteiger partial charge is 0.343 e. The molecule has 5 heteroatoms. The van der Waals surface area contributed by atoms with E-state index in [9.17, 15) is 9.59 Å². The number of rotatable bonds is 4. The van der Waals surface area contributed by atoms with Crippen LogP contribution in [-0.2, 0) is 0 Å². The van der Waals surface area contributed by atoms with Crippen LogP contribution in [0.15, 0.2) is 88.3 Å². The number of hydrogen-bond acceptors (Lipinski definition) is 5. The van der Waals surface area contributed by atoms with Gasteiger partial charge in [0.1, 0.15) is 23.3 Å². The molecule has 5 nitrogen and oxygen atoms in total. The molecule has 3 aromatic carbocycles. The fourth-order valence-electron chi connectivity index (χ4n) is 2.93. The first-order valence-electron chi connectivity index (χ1n) is 8.63. The van der Waals surface area contributed by atoms with E-state index < -0.39 is 5.97 Å². The molecule has 0 atom stereocenters. The van der Waals surface area contributed by atoms with E-state index in [0.717, 1.165) is 0 Å². The number of para-hydroxylation sites is 1. The number of methoxy groups -OCH3 is 1. The van der Waals surface area contributed by atoms with E-state index in [1.54, 1.807) is 73.8 Å². The molecule has 0 amide bonds. The molecule has 1 aromatic heterocycles. The third-order valence-corrected chi connectivity index (χ3v) is 4.37. The molecule has 0 aliphatic rings. The van der Waals surface area contributed by atoms with Crippen molar-refractivity contribution in [2.75, 3.05) is 7.11 Å². The zero-order valence-corrected chi connectivity index (χ0v) is 15.0. The first-order valence-corrected chi connectivity index (χ1v) is 8.63. The lowest BCUT2D eigenvalue weighted by Gasteiger charge is -2.10. The molecule has 138 valence electrons. The van der Waals surface area contributed by atoms with Gasteiger partial charge in [0.15, 0.2) is 0 Å². The van der Waals surface area contributed by atoms with E-state index in [0.29, 0.717) is 33.4 Å². The fraction of sp³-hybridized carbons (Fsp3) is 0.0435. The molecular formula is C23H16O5. The van der Waals surface area contributed by atoms with E-state index in [4.69, 9.17) is 13.9 Å². The molecule has 0 saturated carbocycles. The molecule has 0 fully saturated rings. The number of fused-ring (bicyclic) bond motifs is 1. The average Bonchev–Trinajstić information content (AvgIpc) is 2.75. The quantitative estimate of drug-likeness (QED) is 0.384. The van der Waals surface area contributed by atoms with Crippen LogP contribution in [0.25, 0.3) is 22.1 Å². The molecule has 0 aliphatic heterocycles. The summed E-state index contributed by atoms with van der Waals surface area (Å²) in [4.78, 5) is 25.4. The van der Waals surface area contributed by atoms with E-state index in [1.807, 2.05) is 6.07 Å². The monoisotopic (exact) mass is 372 g/mol. The minimum atomic E-state index is -0.497. The lowest BCUT2D eigenvalue weighted by atomic mass is 10.0. The van der Waals surface area contributed by atoms with Crippen molar-refractivity contribution in [1.82, 2.24) is 0 Å². The maximum Gasteiger partial charge on any atom is 0.343 e. The van der Waals surface area contributed by atoms with Crippen molar-refractivity contribution in [2.45, 2.75) is 0 Å². The maximum atomic E-state index is 13.0. The number of carbonyl (C=O) groups is 1. The molecule has 0 bridgehead atoms. The van der Waals surface area contributed by atoms with Crippen molar-refractivity contribution < 1.29 is 18.7 Å². The van der Waals surface area contributed by atoms with Crippen molar-refractivity contribution in [2.24, 2.45) is 0 Å². The first-order chi connectivity index (χ1) is 13.7. The van der Waals surface area contributed by atoms with E-state index in [1.165, 1.54) is 6.26 Å². The highest BCUT2D eigenvalue weighted by molar-refractivity contribution is 5.92. The summed E-state index contributed by atoms with van der Waals surface area (Å²) < 4.78 is 16.4. The third kappa shape index (κ3) is 3.25. The van der Waals surface area contributed by atoms with Crippen LogP contribution < -0.4 is 14.9 Å². The Kier molecular flexibility index (Phi) is 4.64. The molecule has 0 saturated heterocycles. The lowest BCUT2D eigenvalue weighted by molar-refractivity contribution is 0.0735. The van der Waals surface area contributed by atoms with Crippen LogP contribution >= 0.6 is 0 Å². The predicted molar refractivity (Wildman–Crippen MR) is 106 cm³/mol. The summed E-state index contributed by atoms with van der Waals surface area (Å²) in [6.45, 7) is 0. The second-order valence-corrected chi connectivity index (χ2v) is 6.09. The van der Waals surface area contributed by atoms with Gasteiger partial charge in [-0.15, -0.1) is 0 Å². The van der Waals surface area contributed by atoms with Gasteiger partial charge in [0.05, 0.1) is 23.6 Å². The van der Waals surface area contributed by atoms with Crippen molar-refractivity contribution >= 4 is 16.9 Å². The Bertz CT molecular complexity index is 1210. The van der Waals surface area contributed by atoms with Crippen molar-refractivity contribution in [3.05, 3.63) is 94.8 Å². The van der Waals surface area contributed by atoms with Crippen LogP contribution in [0, 0.1) is 0 Å². The Balaban J connectivity index is 1.77. The summed E-state index contributed by atoms with van der Waals surface area (Å²) in [7, 11) is 1.55. The fourth-order valence-corrected chi connectivity index (χ4v) is 2.93. The number of hydrogen-bond donors (Lipinski definition) is 0. The topological polar surface area (TPSA) is 65.7 Å². The second kappa shape index (κ2) is 7.40. The molecule has 0 unspecified atom stereocenters. The molecule has 4 rings (SSSR count). The van der Waals surface area contributed by atoms with E-state index in [-0.39, 0.29) is 11.2 Å².